The van der Waals surface area contributed by atoms with Gasteiger partial charge in [0.05, 0.1) is 25.5 Å². The van der Waals surface area contributed by atoms with Gasteiger partial charge < -0.3 is 19.6 Å². The minimum absolute atomic E-state index is 0.0135. The summed E-state index contributed by atoms with van der Waals surface area (Å²) in [4.78, 5) is 24.0. The molecule has 0 spiro atoms. The number of hydrogen-bond donors (Lipinski definition) is 1. The average molecular weight is 506 g/mol. The van der Waals surface area contributed by atoms with Gasteiger partial charge in [0, 0.05) is 23.1 Å². The van der Waals surface area contributed by atoms with E-state index in [1.165, 1.54) is 12.8 Å². The Morgan fingerprint density at radius 1 is 1.14 bits per heavy atom. The molecule has 1 fully saturated rings. The molecule has 0 bridgehead atoms. The molecule has 0 radical (unpaired) electrons. The second-order valence-electron chi connectivity index (χ2n) is 10.4. The van der Waals surface area contributed by atoms with Gasteiger partial charge in [0.15, 0.2) is 11.5 Å². The summed E-state index contributed by atoms with van der Waals surface area (Å²) >= 11 is 0. The van der Waals surface area contributed by atoms with E-state index in [1.807, 2.05) is 61.3 Å². The first-order valence-corrected chi connectivity index (χ1v) is 13.5. The van der Waals surface area contributed by atoms with Gasteiger partial charge in [0.1, 0.15) is 12.3 Å². The second kappa shape index (κ2) is 12.3. The Labute approximate surface area is 220 Å². The van der Waals surface area contributed by atoms with Crippen molar-refractivity contribution in [2.45, 2.75) is 78.0 Å². The Balaban J connectivity index is 1.58. The number of rotatable bonds is 10. The minimum atomic E-state index is -0.290. The Bertz CT molecular complexity index is 1110. The highest BCUT2D eigenvalue weighted by molar-refractivity contribution is 6.03. The van der Waals surface area contributed by atoms with E-state index < -0.39 is 0 Å². The molecule has 1 N–H and O–H groups in total. The smallest absolute Gasteiger partial charge is 0.226 e. The maximum absolute atomic E-state index is 12.0. The van der Waals surface area contributed by atoms with E-state index in [9.17, 15) is 9.59 Å². The molecule has 2 aromatic rings. The van der Waals surface area contributed by atoms with Crippen LogP contribution in [0.5, 0.6) is 11.5 Å². The Hall–Kier alpha value is -3.35. The fourth-order valence-electron chi connectivity index (χ4n) is 5.03. The summed E-state index contributed by atoms with van der Waals surface area (Å²) in [6, 6.07) is 13.5. The third-order valence-electron chi connectivity index (χ3n) is 7.33. The van der Waals surface area contributed by atoms with Crippen molar-refractivity contribution in [2.24, 2.45) is 16.9 Å². The van der Waals surface area contributed by atoms with Gasteiger partial charge >= 0.3 is 0 Å². The molecule has 2 aromatic carbocycles. The van der Waals surface area contributed by atoms with Gasteiger partial charge in [-0.1, -0.05) is 32.9 Å². The van der Waals surface area contributed by atoms with E-state index in [-0.39, 0.29) is 29.9 Å². The molecule has 1 aliphatic carbocycles. The van der Waals surface area contributed by atoms with Crippen LogP contribution >= 0.6 is 0 Å². The Kier molecular flexibility index (Phi) is 8.85. The number of nitrogens with one attached hydrogen (secondary N) is 1. The Morgan fingerprint density at radius 3 is 2.49 bits per heavy atom. The molecule has 0 saturated heterocycles. The van der Waals surface area contributed by atoms with Crippen LogP contribution < -0.4 is 14.8 Å². The lowest BCUT2D eigenvalue weighted by atomic mass is 9.87. The zero-order chi connectivity index (χ0) is 26.4. The lowest BCUT2D eigenvalue weighted by Crippen LogP contribution is -2.41. The van der Waals surface area contributed by atoms with Gasteiger partial charge in [-0.3, -0.25) is 9.80 Å². The third-order valence-corrected chi connectivity index (χ3v) is 7.33. The number of ether oxygens (including phenoxy) is 2. The summed E-state index contributed by atoms with van der Waals surface area (Å²) in [5.41, 5.74) is 3.76. The molecule has 7 heteroatoms. The van der Waals surface area contributed by atoms with Crippen molar-refractivity contribution in [2.75, 3.05) is 12.4 Å². The summed E-state index contributed by atoms with van der Waals surface area (Å²) in [6.07, 6.45) is 7.38. The molecule has 37 heavy (non-hydrogen) atoms. The van der Waals surface area contributed by atoms with Gasteiger partial charge in [-0.2, -0.15) is 5.10 Å². The molecule has 2 atom stereocenters. The lowest BCUT2D eigenvalue weighted by Gasteiger charge is -2.35. The number of anilines is 1. The van der Waals surface area contributed by atoms with Gasteiger partial charge in [-0.05, 0) is 74.4 Å². The number of aldehydes is 1. The molecule has 1 aliphatic heterocycles. The summed E-state index contributed by atoms with van der Waals surface area (Å²) in [5, 5.41) is 9.83. The number of amides is 1. The minimum Gasteiger partial charge on any atom is -0.493 e. The fourth-order valence-corrected chi connectivity index (χ4v) is 5.03. The van der Waals surface area contributed by atoms with Crippen molar-refractivity contribution in [1.82, 2.24) is 5.01 Å². The molecular weight excluding hydrogens is 466 g/mol. The topological polar surface area (TPSA) is 80.2 Å². The van der Waals surface area contributed by atoms with Gasteiger partial charge in [0.2, 0.25) is 5.91 Å². The average Bonchev–Trinajstić information content (AvgIpc) is 3.42. The van der Waals surface area contributed by atoms with Crippen molar-refractivity contribution < 1.29 is 19.1 Å². The summed E-state index contributed by atoms with van der Waals surface area (Å²) < 4.78 is 11.9. The van der Waals surface area contributed by atoms with Gasteiger partial charge in [-0.25, -0.2) is 0 Å². The number of hydrogen-bond acceptors (Lipinski definition) is 6. The molecule has 7 nitrogen and oxygen atoms in total. The molecule has 1 amide bonds. The van der Waals surface area contributed by atoms with Crippen LogP contribution in [0.2, 0.25) is 0 Å². The Morgan fingerprint density at radius 2 is 1.86 bits per heavy atom. The first-order chi connectivity index (χ1) is 17.9. The zero-order valence-corrected chi connectivity index (χ0v) is 22.4. The largest absolute Gasteiger partial charge is 0.493 e. The lowest BCUT2D eigenvalue weighted by molar-refractivity contribution is -0.119. The third kappa shape index (κ3) is 6.51. The van der Waals surface area contributed by atoms with Gasteiger partial charge in [-0.15, -0.1) is 0 Å². The van der Waals surface area contributed by atoms with E-state index in [4.69, 9.17) is 14.6 Å². The first kappa shape index (κ1) is 26.7. The SMILES string of the molecule is CCC1CC(C=O)N(Cc2ccc(NC(=O)C(C)C)cc2)N=C1c1ccc(OC)c(OC2CCCC2)c1. The molecule has 2 unspecified atom stereocenters. The maximum atomic E-state index is 12.0. The van der Waals surface area contributed by atoms with Crippen LogP contribution in [0.4, 0.5) is 5.69 Å². The summed E-state index contributed by atoms with van der Waals surface area (Å²) in [6.45, 7) is 6.38. The van der Waals surface area contributed by atoms with Crippen molar-refractivity contribution in [3.05, 3.63) is 53.6 Å². The first-order valence-electron chi connectivity index (χ1n) is 13.5. The summed E-state index contributed by atoms with van der Waals surface area (Å²) in [7, 11) is 1.67. The number of carbonyl (C=O) groups excluding carboxylic acids is 2. The number of methoxy groups -OCH3 is 1. The predicted molar refractivity (Wildman–Crippen MR) is 146 cm³/mol. The van der Waals surface area contributed by atoms with E-state index >= 15 is 0 Å². The number of hydrazone groups is 1. The van der Waals surface area contributed by atoms with Crippen molar-refractivity contribution >= 4 is 23.6 Å². The van der Waals surface area contributed by atoms with E-state index in [0.717, 1.165) is 59.6 Å². The van der Waals surface area contributed by atoms with Crippen molar-refractivity contribution in [3.63, 3.8) is 0 Å². The summed E-state index contributed by atoms with van der Waals surface area (Å²) in [5.74, 6) is 1.57. The number of carbonyl (C=O) groups is 2. The van der Waals surface area contributed by atoms with Crippen LogP contribution in [0.15, 0.2) is 47.6 Å². The van der Waals surface area contributed by atoms with Crippen LogP contribution in [-0.4, -0.2) is 42.2 Å². The zero-order valence-electron chi connectivity index (χ0n) is 22.4. The molecule has 0 aromatic heterocycles. The monoisotopic (exact) mass is 505 g/mol. The second-order valence-corrected chi connectivity index (χ2v) is 10.4. The quantitative estimate of drug-likeness (QED) is 0.412. The highest BCUT2D eigenvalue weighted by atomic mass is 16.5. The number of benzene rings is 2. The van der Waals surface area contributed by atoms with E-state index in [0.29, 0.717) is 13.0 Å². The van der Waals surface area contributed by atoms with E-state index in [2.05, 4.69) is 12.2 Å². The highest BCUT2D eigenvalue weighted by Crippen LogP contribution is 2.35. The fraction of sp³-hybridized carbons (Fsp3) is 0.500. The van der Waals surface area contributed by atoms with E-state index in [1.54, 1.807) is 7.11 Å². The van der Waals surface area contributed by atoms with Crippen molar-refractivity contribution in [3.8, 4) is 11.5 Å². The highest BCUT2D eigenvalue weighted by Gasteiger charge is 2.31. The van der Waals surface area contributed by atoms with Crippen LogP contribution in [0, 0.1) is 11.8 Å². The van der Waals surface area contributed by atoms with Crippen LogP contribution in [0.25, 0.3) is 0 Å². The molecule has 198 valence electrons. The normalized spacial score (nSPS) is 20.0. The molecular formula is C30H39N3O4. The molecule has 4 rings (SSSR count). The van der Waals surface area contributed by atoms with Gasteiger partial charge in [0.25, 0.3) is 0 Å². The van der Waals surface area contributed by atoms with Crippen LogP contribution in [0.1, 0.15) is 70.4 Å². The maximum Gasteiger partial charge on any atom is 0.226 e. The standard InChI is InChI=1S/C30H39N3O4/c1-5-22-16-25(19-34)33(18-21-10-13-24(14-11-21)31-30(35)20(2)3)32-29(22)23-12-15-27(36-4)28(17-23)37-26-8-6-7-9-26/h10-15,17,19-20,22,25-26H,5-9,16,18H2,1-4H3,(H,31,35). The number of nitrogens with zero attached hydrogens (tertiary/aromatic N) is 2. The van der Waals surface area contributed by atoms with Crippen molar-refractivity contribution in [1.29, 1.82) is 0 Å². The molecule has 1 saturated carbocycles. The predicted octanol–water partition coefficient (Wildman–Crippen LogP) is 5.81. The van der Waals surface area contributed by atoms with Crippen LogP contribution in [-0.2, 0) is 16.1 Å². The molecule has 1 heterocycles. The van der Waals surface area contributed by atoms with Crippen LogP contribution in [0.3, 0.4) is 0 Å². The molecule has 2 aliphatic rings.